The van der Waals surface area contributed by atoms with Crippen LogP contribution in [0.4, 0.5) is 18.9 Å². The van der Waals surface area contributed by atoms with E-state index in [-0.39, 0.29) is 17.9 Å². The lowest BCUT2D eigenvalue weighted by Crippen LogP contribution is -2.11. The van der Waals surface area contributed by atoms with Crippen molar-refractivity contribution < 1.29 is 22.6 Å². The van der Waals surface area contributed by atoms with Crippen LogP contribution >= 0.6 is 0 Å². The van der Waals surface area contributed by atoms with E-state index in [1.165, 1.54) is 12.1 Å². The summed E-state index contributed by atoms with van der Waals surface area (Å²) in [5.41, 5.74) is 4.80. The zero-order valence-corrected chi connectivity index (χ0v) is 10.1. The molecule has 0 unspecified atom stereocenters. The first-order valence-corrected chi connectivity index (χ1v) is 5.47. The maximum Gasteiger partial charge on any atom is 0.416 e. The molecule has 18 heavy (non-hydrogen) atoms. The second-order valence-electron chi connectivity index (χ2n) is 3.81. The molecule has 0 amide bonds. The van der Waals surface area contributed by atoms with Gasteiger partial charge in [-0.15, -0.1) is 0 Å². The molecule has 0 atom stereocenters. The highest BCUT2D eigenvalue weighted by molar-refractivity contribution is 5.45. The lowest BCUT2D eigenvalue weighted by Gasteiger charge is -2.13. The van der Waals surface area contributed by atoms with Crippen LogP contribution in [0.1, 0.15) is 17.5 Å². The number of hydrogen-bond acceptors (Lipinski definition) is 3. The van der Waals surface area contributed by atoms with E-state index in [0.29, 0.717) is 19.6 Å². The molecule has 0 aliphatic carbocycles. The molecule has 0 bridgehead atoms. The summed E-state index contributed by atoms with van der Waals surface area (Å²) >= 11 is 0. The fourth-order valence-corrected chi connectivity index (χ4v) is 1.47. The van der Waals surface area contributed by atoms with Crippen LogP contribution in [0.3, 0.4) is 0 Å². The van der Waals surface area contributed by atoms with E-state index >= 15 is 0 Å². The number of hydrogen-bond donors (Lipinski definition) is 1. The third-order valence-electron chi connectivity index (χ3n) is 2.33. The number of alkyl halides is 3. The van der Waals surface area contributed by atoms with Gasteiger partial charge in [-0.2, -0.15) is 13.2 Å². The second kappa shape index (κ2) is 6.61. The van der Waals surface area contributed by atoms with Crippen molar-refractivity contribution in [2.24, 2.45) is 0 Å². The number of methoxy groups -OCH3 is 1. The van der Waals surface area contributed by atoms with Crippen LogP contribution in [0.2, 0.25) is 0 Å². The highest BCUT2D eigenvalue weighted by Gasteiger charge is 2.33. The molecule has 0 aliphatic heterocycles. The molecule has 0 saturated carbocycles. The predicted octanol–water partition coefficient (Wildman–Crippen LogP) is 2.84. The Morgan fingerprint density at radius 1 is 1.22 bits per heavy atom. The second-order valence-corrected chi connectivity index (χ2v) is 3.81. The van der Waals surface area contributed by atoms with Gasteiger partial charge in [0.05, 0.1) is 12.2 Å². The van der Waals surface area contributed by atoms with Crippen molar-refractivity contribution in [2.75, 3.05) is 26.1 Å². The zero-order valence-electron chi connectivity index (χ0n) is 10.1. The van der Waals surface area contributed by atoms with Gasteiger partial charge in [0.2, 0.25) is 0 Å². The van der Waals surface area contributed by atoms with Gasteiger partial charge < -0.3 is 15.2 Å². The maximum absolute atomic E-state index is 12.7. The third kappa shape index (κ3) is 4.54. The molecule has 3 nitrogen and oxygen atoms in total. The van der Waals surface area contributed by atoms with E-state index in [0.717, 1.165) is 6.07 Å². The van der Waals surface area contributed by atoms with Crippen molar-refractivity contribution in [2.45, 2.75) is 19.2 Å². The van der Waals surface area contributed by atoms with E-state index in [1.54, 1.807) is 7.11 Å². The summed E-state index contributed by atoms with van der Waals surface area (Å²) in [4.78, 5) is 0. The molecular formula is C12H16F3NO2. The molecule has 6 heteroatoms. The molecule has 0 aliphatic rings. The molecule has 0 aromatic heterocycles. The Morgan fingerprint density at radius 3 is 2.56 bits per heavy atom. The van der Waals surface area contributed by atoms with Gasteiger partial charge >= 0.3 is 6.18 Å². The number of benzene rings is 1. The summed E-state index contributed by atoms with van der Waals surface area (Å²) in [5.74, 6) is 0. The Labute approximate surface area is 104 Å². The van der Waals surface area contributed by atoms with Gasteiger partial charge in [-0.3, -0.25) is 0 Å². The summed E-state index contributed by atoms with van der Waals surface area (Å²) < 4.78 is 48.2. The topological polar surface area (TPSA) is 44.5 Å². The van der Waals surface area contributed by atoms with E-state index < -0.39 is 11.7 Å². The molecule has 0 fully saturated rings. The quantitative estimate of drug-likeness (QED) is 0.634. The highest BCUT2D eigenvalue weighted by atomic mass is 19.4. The molecule has 0 saturated heterocycles. The van der Waals surface area contributed by atoms with Crippen LogP contribution in [-0.2, 0) is 22.3 Å². The maximum atomic E-state index is 12.7. The first-order chi connectivity index (χ1) is 8.45. The number of nitrogens with two attached hydrogens (primary N) is 1. The Balaban J connectivity index is 2.65. The minimum atomic E-state index is -4.42. The van der Waals surface area contributed by atoms with Gasteiger partial charge in [0.25, 0.3) is 0 Å². The average Bonchev–Trinajstić information content (AvgIpc) is 2.29. The summed E-state index contributed by atoms with van der Waals surface area (Å²) in [6.45, 7) is 0.794. The summed E-state index contributed by atoms with van der Waals surface area (Å²) in [7, 11) is 1.56. The molecule has 1 aromatic carbocycles. The van der Waals surface area contributed by atoms with Crippen molar-refractivity contribution in [1.82, 2.24) is 0 Å². The minimum absolute atomic E-state index is 0.0845. The number of ether oxygens (including phenoxy) is 2. The normalized spacial score (nSPS) is 11.8. The van der Waals surface area contributed by atoms with Crippen LogP contribution in [0, 0.1) is 0 Å². The van der Waals surface area contributed by atoms with Crippen LogP contribution in [0.15, 0.2) is 18.2 Å². The minimum Gasteiger partial charge on any atom is -0.399 e. The third-order valence-corrected chi connectivity index (χ3v) is 2.33. The monoisotopic (exact) mass is 263 g/mol. The standard InChI is InChI=1S/C12H16F3NO2/c1-17-5-2-6-18-8-9-3-4-10(16)7-11(9)12(13,14)15/h3-4,7H,2,5-6,8,16H2,1H3. The summed E-state index contributed by atoms with van der Waals surface area (Å²) in [5, 5.41) is 0. The van der Waals surface area contributed by atoms with Crippen LogP contribution < -0.4 is 5.73 Å². The van der Waals surface area contributed by atoms with Gasteiger partial charge in [-0.05, 0) is 24.1 Å². The molecule has 102 valence electrons. The first kappa shape index (κ1) is 14.8. The van der Waals surface area contributed by atoms with Gasteiger partial charge in [0.1, 0.15) is 0 Å². The van der Waals surface area contributed by atoms with Crippen molar-refractivity contribution in [1.29, 1.82) is 0 Å². The molecular weight excluding hydrogens is 247 g/mol. The summed E-state index contributed by atoms with van der Waals surface area (Å²) in [6.07, 6.45) is -3.77. The average molecular weight is 263 g/mol. The van der Waals surface area contributed by atoms with E-state index in [2.05, 4.69) is 0 Å². The number of rotatable bonds is 6. The van der Waals surface area contributed by atoms with E-state index in [1.807, 2.05) is 0 Å². The van der Waals surface area contributed by atoms with Gasteiger partial charge in [-0.25, -0.2) is 0 Å². The van der Waals surface area contributed by atoms with Crippen molar-refractivity contribution in [3.05, 3.63) is 29.3 Å². The van der Waals surface area contributed by atoms with Crippen molar-refractivity contribution in [3.63, 3.8) is 0 Å². The smallest absolute Gasteiger partial charge is 0.399 e. The van der Waals surface area contributed by atoms with Crippen molar-refractivity contribution in [3.8, 4) is 0 Å². The van der Waals surface area contributed by atoms with Crippen molar-refractivity contribution >= 4 is 5.69 Å². The van der Waals surface area contributed by atoms with E-state index in [4.69, 9.17) is 15.2 Å². The van der Waals surface area contributed by atoms with Crippen LogP contribution in [-0.4, -0.2) is 20.3 Å². The fourth-order valence-electron chi connectivity index (χ4n) is 1.47. The largest absolute Gasteiger partial charge is 0.416 e. The lowest BCUT2D eigenvalue weighted by molar-refractivity contribution is -0.138. The number of nitrogen functional groups attached to an aromatic ring is 1. The summed E-state index contributed by atoms with van der Waals surface area (Å²) in [6, 6.07) is 3.70. The lowest BCUT2D eigenvalue weighted by atomic mass is 10.1. The van der Waals surface area contributed by atoms with E-state index in [9.17, 15) is 13.2 Å². The molecule has 1 rings (SSSR count). The highest BCUT2D eigenvalue weighted by Crippen LogP contribution is 2.33. The first-order valence-electron chi connectivity index (χ1n) is 5.47. The zero-order chi connectivity index (χ0) is 13.6. The Kier molecular flexibility index (Phi) is 5.43. The fraction of sp³-hybridized carbons (Fsp3) is 0.500. The van der Waals surface area contributed by atoms with Gasteiger partial charge in [0.15, 0.2) is 0 Å². The Morgan fingerprint density at radius 2 is 1.94 bits per heavy atom. The number of halogens is 3. The Hall–Kier alpha value is -1.27. The SMILES string of the molecule is COCCCOCc1ccc(N)cc1C(F)(F)F. The molecule has 2 N–H and O–H groups in total. The number of anilines is 1. The van der Waals surface area contributed by atoms with Crippen LogP contribution in [0.25, 0.3) is 0 Å². The molecule has 0 heterocycles. The Bertz CT molecular complexity index is 380. The molecule has 0 spiro atoms. The molecule has 1 aromatic rings. The molecule has 0 radical (unpaired) electrons. The van der Waals surface area contributed by atoms with Gasteiger partial charge in [0, 0.05) is 26.0 Å². The predicted molar refractivity (Wildman–Crippen MR) is 62.0 cm³/mol. The van der Waals surface area contributed by atoms with Gasteiger partial charge in [-0.1, -0.05) is 6.07 Å². The van der Waals surface area contributed by atoms with Crippen LogP contribution in [0.5, 0.6) is 0 Å².